The van der Waals surface area contributed by atoms with Crippen LogP contribution in [0.4, 0.5) is 0 Å². The number of nitrogens with one attached hydrogen (secondary N) is 1. The van der Waals surface area contributed by atoms with Crippen molar-refractivity contribution in [3.8, 4) is 23.0 Å². The summed E-state index contributed by atoms with van der Waals surface area (Å²) < 4.78 is 15.8. The fraction of sp³-hybridized carbons (Fsp3) is 0.176. The van der Waals surface area contributed by atoms with Crippen LogP contribution in [0.2, 0.25) is 0 Å². The van der Waals surface area contributed by atoms with Crippen molar-refractivity contribution in [1.82, 2.24) is 5.43 Å². The first-order valence-electron chi connectivity index (χ1n) is 7.01. The van der Waals surface area contributed by atoms with Crippen LogP contribution in [-0.2, 0) is 0 Å². The van der Waals surface area contributed by atoms with Gasteiger partial charge in [0.2, 0.25) is 0 Å². The van der Waals surface area contributed by atoms with Crippen molar-refractivity contribution >= 4 is 12.1 Å². The summed E-state index contributed by atoms with van der Waals surface area (Å²) in [5.74, 6) is 1.10. The summed E-state index contributed by atoms with van der Waals surface area (Å²) in [5, 5.41) is 13.3. The van der Waals surface area contributed by atoms with E-state index in [1.54, 1.807) is 24.3 Å². The van der Waals surface area contributed by atoms with Gasteiger partial charge >= 0.3 is 0 Å². The summed E-state index contributed by atoms with van der Waals surface area (Å²) in [6.07, 6.45) is 1.41. The molecule has 2 aromatic rings. The first-order chi connectivity index (χ1) is 11.6. The van der Waals surface area contributed by atoms with Gasteiger partial charge in [-0.25, -0.2) is 5.43 Å². The first kappa shape index (κ1) is 17.1. The second-order valence-corrected chi connectivity index (χ2v) is 4.70. The molecule has 0 fully saturated rings. The van der Waals surface area contributed by atoms with Crippen LogP contribution < -0.4 is 19.6 Å². The predicted molar refractivity (Wildman–Crippen MR) is 89.3 cm³/mol. The SMILES string of the molecule is COc1cc(OC)c(/C=N/NC(=O)c2cccc(O)c2)c(OC)c1. The first-order valence-corrected chi connectivity index (χ1v) is 7.01. The number of hydrazone groups is 1. The van der Waals surface area contributed by atoms with E-state index in [0.717, 1.165) is 0 Å². The molecule has 7 heteroatoms. The molecule has 1 amide bonds. The number of benzene rings is 2. The number of rotatable bonds is 6. The van der Waals surface area contributed by atoms with Crippen LogP contribution in [0.25, 0.3) is 0 Å². The van der Waals surface area contributed by atoms with Gasteiger partial charge < -0.3 is 19.3 Å². The highest BCUT2D eigenvalue weighted by Crippen LogP contribution is 2.32. The van der Waals surface area contributed by atoms with Gasteiger partial charge in [-0.1, -0.05) is 6.07 Å². The number of phenolic OH excluding ortho intramolecular Hbond substituents is 1. The number of hydrogen-bond donors (Lipinski definition) is 2. The topological polar surface area (TPSA) is 89.4 Å². The maximum Gasteiger partial charge on any atom is 0.271 e. The minimum absolute atomic E-state index is 0.00474. The monoisotopic (exact) mass is 330 g/mol. The average Bonchev–Trinajstić information content (AvgIpc) is 2.61. The van der Waals surface area contributed by atoms with Crippen LogP contribution in [0.3, 0.4) is 0 Å². The van der Waals surface area contributed by atoms with Gasteiger partial charge in [-0.05, 0) is 18.2 Å². The summed E-state index contributed by atoms with van der Waals surface area (Å²) in [6.45, 7) is 0. The van der Waals surface area contributed by atoms with Gasteiger partial charge in [0.15, 0.2) is 0 Å². The summed E-state index contributed by atoms with van der Waals surface area (Å²) in [4.78, 5) is 12.0. The number of nitrogens with zero attached hydrogens (tertiary/aromatic N) is 1. The standard InChI is InChI=1S/C17H18N2O5/c1-22-13-8-15(23-2)14(16(9-13)24-3)10-18-19-17(21)11-5-4-6-12(20)7-11/h4-10,20H,1-3H3,(H,19,21)/b18-10+. The van der Waals surface area contributed by atoms with Crippen LogP contribution in [0, 0.1) is 0 Å². The Bertz CT molecular complexity index is 733. The number of amides is 1. The van der Waals surface area contributed by atoms with Gasteiger partial charge in [-0.15, -0.1) is 0 Å². The number of carbonyl (C=O) groups excluding carboxylic acids is 1. The maximum atomic E-state index is 12.0. The minimum atomic E-state index is -0.450. The molecule has 0 unspecified atom stereocenters. The summed E-state index contributed by atoms with van der Waals surface area (Å²) >= 11 is 0. The van der Waals surface area contributed by atoms with Crippen molar-refractivity contribution in [2.75, 3.05) is 21.3 Å². The van der Waals surface area contributed by atoms with Crippen LogP contribution in [0.5, 0.6) is 23.0 Å². The number of aromatic hydroxyl groups is 1. The highest BCUT2D eigenvalue weighted by atomic mass is 16.5. The molecular weight excluding hydrogens is 312 g/mol. The van der Waals surface area contributed by atoms with Crippen molar-refractivity contribution < 1.29 is 24.1 Å². The van der Waals surface area contributed by atoms with Gasteiger partial charge in [0, 0.05) is 17.7 Å². The third-order valence-corrected chi connectivity index (χ3v) is 3.22. The van der Waals surface area contributed by atoms with E-state index in [4.69, 9.17) is 14.2 Å². The summed E-state index contributed by atoms with van der Waals surface area (Å²) in [5.41, 5.74) is 3.23. The van der Waals surface area contributed by atoms with E-state index in [9.17, 15) is 9.90 Å². The molecule has 0 aromatic heterocycles. The van der Waals surface area contributed by atoms with Crippen molar-refractivity contribution in [2.24, 2.45) is 5.10 Å². The zero-order valence-corrected chi connectivity index (χ0v) is 13.6. The van der Waals surface area contributed by atoms with E-state index in [1.807, 2.05) is 0 Å². The van der Waals surface area contributed by atoms with Crippen LogP contribution in [-0.4, -0.2) is 38.6 Å². The Balaban J connectivity index is 2.21. The number of carbonyl (C=O) groups is 1. The normalized spacial score (nSPS) is 10.5. The number of phenols is 1. The molecule has 2 N–H and O–H groups in total. The molecule has 2 rings (SSSR count). The Kier molecular flexibility index (Phi) is 5.62. The molecule has 2 aromatic carbocycles. The molecule has 0 bridgehead atoms. The minimum Gasteiger partial charge on any atom is -0.508 e. The quantitative estimate of drug-likeness (QED) is 0.626. The molecule has 24 heavy (non-hydrogen) atoms. The molecule has 0 heterocycles. The lowest BCUT2D eigenvalue weighted by molar-refractivity contribution is 0.0954. The molecule has 0 spiro atoms. The molecule has 0 saturated heterocycles. The molecule has 7 nitrogen and oxygen atoms in total. The smallest absolute Gasteiger partial charge is 0.271 e. The fourth-order valence-corrected chi connectivity index (χ4v) is 2.03. The largest absolute Gasteiger partial charge is 0.508 e. The zero-order chi connectivity index (χ0) is 17.5. The van der Waals surface area contributed by atoms with Gasteiger partial charge in [0.05, 0.1) is 33.1 Å². The van der Waals surface area contributed by atoms with E-state index in [0.29, 0.717) is 28.4 Å². The number of hydrogen-bond acceptors (Lipinski definition) is 6. The lowest BCUT2D eigenvalue weighted by Gasteiger charge is -2.12. The molecule has 0 aliphatic heterocycles. The van der Waals surface area contributed by atoms with Crippen LogP contribution >= 0.6 is 0 Å². The van der Waals surface area contributed by atoms with Crippen LogP contribution in [0.1, 0.15) is 15.9 Å². The molecular formula is C17H18N2O5. The fourth-order valence-electron chi connectivity index (χ4n) is 2.03. The molecule has 0 saturated carbocycles. The predicted octanol–water partition coefficient (Wildman–Crippen LogP) is 2.18. The molecule has 126 valence electrons. The van der Waals surface area contributed by atoms with Crippen molar-refractivity contribution in [3.63, 3.8) is 0 Å². The Morgan fingerprint density at radius 3 is 2.29 bits per heavy atom. The lowest BCUT2D eigenvalue weighted by atomic mass is 10.2. The Hall–Kier alpha value is -3.22. The number of ether oxygens (including phenoxy) is 3. The summed E-state index contributed by atoms with van der Waals surface area (Å²) in [6, 6.07) is 9.33. The van der Waals surface area contributed by atoms with E-state index >= 15 is 0 Å². The van der Waals surface area contributed by atoms with Gasteiger partial charge in [0.1, 0.15) is 23.0 Å². The Morgan fingerprint density at radius 1 is 1.08 bits per heavy atom. The van der Waals surface area contributed by atoms with Crippen LogP contribution in [0.15, 0.2) is 41.5 Å². The van der Waals surface area contributed by atoms with E-state index in [1.165, 1.54) is 39.7 Å². The van der Waals surface area contributed by atoms with Gasteiger partial charge in [0.25, 0.3) is 5.91 Å². The average molecular weight is 330 g/mol. The van der Waals surface area contributed by atoms with Crippen molar-refractivity contribution in [2.45, 2.75) is 0 Å². The van der Waals surface area contributed by atoms with E-state index in [2.05, 4.69) is 10.5 Å². The van der Waals surface area contributed by atoms with Gasteiger partial charge in [-0.2, -0.15) is 5.10 Å². The van der Waals surface area contributed by atoms with E-state index < -0.39 is 5.91 Å². The lowest BCUT2D eigenvalue weighted by Crippen LogP contribution is -2.17. The Morgan fingerprint density at radius 2 is 1.75 bits per heavy atom. The van der Waals surface area contributed by atoms with E-state index in [-0.39, 0.29) is 5.75 Å². The second-order valence-electron chi connectivity index (χ2n) is 4.70. The third-order valence-electron chi connectivity index (χ3n) is 3.22. The molecule has 0 radical (unpaired) electrons. The maximum absolute atomic E-state index is 12.0. The highest BCUT2D eigenvalue weighted by Gasteiger charge is 2.12. The van der Waals surface area contributed by atoms with Crippen molar-refractivity contribution in [3.05, 3.63) is 47.5 Å². The second kappa shape index (κ2) is 7.87. The molecule has 0 aliphatic carbocycles. The molecule has 0 aliphatic rings. The van der Waals surface area contributed by atoms with Gasteiger partial charge in [-0.3, -0.25) is 4.79 Å². The summed E-state index contributed by atoms with van der Waals surface area (Å²) in [7, 11) is 4.56. The number of methoxy groups -OCH3 is 3. The van der Waals surface area contributed by atoms with Crippen molar-refractivity contribution in [1.29, 1.82) is 0 Å². The third kappa shape index (κ3) is 3.95. The molecule has 0 atom stereocenters. The zero-order valence-electron chi connectivity index (χ0n) is 13.6. The highest BCUT2D eigenvalue weighted by molar-refractivity contribution is 5.95. The Labute approximate surface area is 139 Å².